The van der Waals surface area contributed by atoms with Crippen molar-refractivity contribution in [2.45, 2.75) is 50.4 Å². The quantitative estimate of drug-likeness (QED) is 0.803. The van der Waals surface area contributed by atoms with Gasteiger partial charge in [-0.3, -0.25) is 4.79 Å². The molecule has 1 amide bonds. The molecule has 1 saturated carbocycles. The molecule has 1 fully saturated rings. The topological polar surface area (TPSA) is 73.9 Å². The van der Waals surface area contributed by atoms with E-state index in [2.05, 4.69) is 5.32 Å². The van der Waals surface area contributed by atoms with Gasteiger partial charge in [-0.2, -0.15) is 0 Å². The number of ether oxygens (including phenoxy) is 3. The number of hydrogen-bond acceptors (Lipinski definition) is 5. The van der Waals surface area contributed by atoms with Crippen molar-refractivity contribution in [3.63, 3.8) is 0 Å². The second kappa shape index (κ2) is 6.55. The number of carbonyl (C=O) groups excluding carboxylic acids is 2. The molecule has 6 nitrogen and oxygen atoms in total. The summed E-state index contributed by atoms with van der Waals surface area (Å²) in [5.41, 5.74) is 1.94. The second-order valence-electron chi connectivity index (χ2n) is 7.58. The number of nitrogens with one attached hydrogen (secondary N) is 1. The zero-order valence-corrected chi connectivity index (χ0v) is 15.4. The summed E-state index contributed by atoms with van der Waals surface area (Å²) < 4.78 is 17.5. The number of anilines is 1. The Morgan fingerprint density at radius 3 is 2.64 bits per heavy atom. The summed E-state index contributed by atoms with van der Waals surface area (Å²) in [6, 6.07) is 12.6. The Labute approximate surface area is 162 Å². The van der Waals surface area contributed by atoms with Gasteiger partial charge in [-0.15, -0.1) is 0 Å². The fourth-order valence-electron chi connectivity index (χ4n) is 4.17. The number of benzene rings is 2. The minimum Gasteiger partial charge on any atom is -0.448 e. The summed E-state index contributed by atoms with van der Waals surface area (Å²) in [4.78, 5) is 24.8. The third kappa shape index (κ3) is 2.99. The van der Waals surface area contributed by atoms with E-state index in [1.807, 2.05) is 18.2 Å². The average molecular weight is 379 g/mol. The van der Waals surface area contributed by atoms with Gasteiger partial charge in [0.2, 0.25) is 0 Å². The van der Waals surface area contributed by atoms with Crippen LogP contribution < -0.4 is 14.8 Å². The first kappa shape index (κ1) is 17.1. The highest BCUT2D eigenvalue weighted by Crippen LogP contribution is 2.46. The van der Waals surface area contributed by atoms with Crippen LogP contribution in [-0.4, -0.2) is 23.8 Å². The van der Waals surface area contributed by atoms with Crippen LogP contribution in [0.5, 0.6) is 11.5 Å². The largest absolute Gasteiger partial charge is 0.448 e. The Kier molecular flexibility index (Phi) is 4.00. The minimum absolute atomic E-state index is 0.353. The van der Waals surface area contributed by atoms with Gasteiger partial charge in [0, 0.05) is 31.0 Å². The monoisotopic (exact) mass is 379 g/mol. The summed E-state index contributed by atoms with van der Waals surface area (Å²) >= 11 is 0. The lowest BCUT2D eigenvalue weighted by Gasteiger charge is -2.31. The highest BCUT2D eigenvalue weighted by Gasteiger charge is 2.42. The zero-order valence-electron chi connectivity index (χ0n) is 15.4. The number of cyclic esters (lactones) is 1. The minimum atomic E-state index is -0.850. The van der Waals surface area contributed by atoms with Gasteiger partial charge in [-0.05, 0) is 36.6 Å². The van der Waals surface area contributed by atoms with Gasteiger partial charge in [-0.1, -0.05) is 24.6 Å². The van der Waals surface area contributed by atoms with Crippen LogP contribution in [0.3, 0.4) is 0 Å². The summed E-state index contributed by atoms with van der Waals surface area (Å²) in [5, 5.41) is 2.83. The maximum atomic E-state index is 12.7. The molecule has 3 aliphatic rings. The predicted molar refractivity (Wildman–Crippen MR) is 101 cm³/mol. The Morgan fingerprint density at radius 1 is 1.00 bits per heavy atom. The molecule has 1 aliphatic carbocycles. The average Bonchev–Trinajstić information content (AvgIpc) is 3.05. The predicted octanol–water partition coefficient (Wildman–Crippen LogP) is 3.84. The molecule has 2 aromatic rings. The van der Waals surface area contributed by atoms with Crippen molar-refractivity contribution in [2.75, 3.05) is 5.32 Å². The lowest BCUT2D eigenvalue weighted by Crippen LogP contribution is -2.40. The van der Waals surface area contributed by atoms with Crippen molar-refractivity contribution in [3.8, 4) is 11.5 Å². The first-order chi connectivity index (χ1) is 13.6. The molecule has 0 bridgehead atoms. The molecule has 1 spiro atoms. The first-order valence-electron chi connectivity index (χ1n) is 9.74. The molecule has 2 aromatic carbocycles. The molecule has 0 unspecified atom stereocenters. The van der Waals surface area contributed by atoms with Gasteiger partial charge in [0.1, 0.15) is 0 Å². The van der Waals surface area contributed by atoms with Gasteiger partial charge in [0.05, 0.1) is 5.56 Å². The van der Waals surface area contributed by atoms with Gasteiger partial charge in [0.25, 0.3) is 11.7 Å². The highest BCUT2D eigenvalue weighted by molar-refractivity contribution is 6.00. The van der Waals surface area contributed by atoms with Crippen molar-refractivity contribution in [3.05, 3.63) is 53.6 Å². The SMILES string of the molecule is O=C1O[C@H](C(=O)Nc2ccc3c(c2)OC2(CCCCC2)O3)Cc2ccccc21. The summed E-state index contributed by atoms with van der Waals surface area (Å²) in [6.07, 6.45) is 4.65. The molecule has 5 rings (SSSR count). The number of carbonyl (C=O) groups is 2. The number of esters is 1. The van der Waals surface area contributed by atoms with E-state index in [0.717, 1.165) is 31.2 Å². The molecule has 1 N–H and O–H groups in total. The third-order valence-corrected chi connectivity index (χ3v) is 5.60. The Bertz CT molecular complexity index is 948. The molecule has 6 heteroatoms. The van der Waals surface area contributed by atoms with E-state index in [1.54, 1.807) is 24.3 Å². The normalized spacial score (nSPS) is 21.7. The highest BCUT2D eigenvalue weighted by atomic mass is 16.7. The summed E-state index contributed by atoms with van der Waals surface area (Å²) in [7, 11) is 0. The van der Waals surface area contributed by atoms with E-state index in [0.29, 0.717) is 29.2 Å². The van der Waals surface area contributed by atoms with E-state index in [-0.39, 0.29) is 5.91 Å². The number of amides is 1. The van der Waals surface area contributed by atoms with Crippen LogP contribution in [0.1, 0.15) is 48.0 Å². The van der Waals surface area contributed by atoms with Crippen LogP contribution in [0.2, 0.25) is 0 Å². The summed E-state index contributed by atoms with van der Waals surface area (Å²) in [5.74, 6) is -0.0177. The summed E-state index contributed by atoms with van der Waals surface area (Å²) in [6.45, 7) is 0. The van der Waals surface area contributed by atoms with Crippen LogP contribution in [-0.2, 0) is 16.0 Å². The van der Waals surface area contributed by atoms with Crippen LogP contribution >= 0.6 is 0 Å². The molecule has 1 atom stereocenters. The molecule has 0 radical (unpaired) electrons. The van der Waals surface area contributed by atoms with Gasteiger partial charge < -0.3 is 19.5 Å². The standard InChI is InChI=1S/C22H21NO5/c24-20(19-12-14-6-2-3-7-16(14)21(25)26-19)23-15-8-9-17-18(13-15)28-22(27-17)10-4-1-5-11-22/h2-3,6-9,13,19H,1,4-5,10-12H2,(H,23,24)/t19-/m0/s1. The number of fused-ring (bicyclic) bond motifs is 2. The lowest BCUT2D eigenvalue weighted by molar-refractivity contribution is -0.125. The smallest absolute Gasteiger partial charge is 0.339 e. The molecule has 28 heavy (non-hydrogen) atoms. The maximum Gasteiger partial charge on any atom is 0.339 e. The first-order valence-corrected chi connectivity index (χ1v) is 9.74. The zero-order chi connectivity index (χ0) is 19.1. The van der Waals surface area contributed by atoms with Crippen molar-refractivity contribution in [1.29, 1.82) is 0 Å². The van der Waals surface area contributed by atoms with Crippen molar-refractivity contribution >= 4 is 17.6 Å². The lowest BCUT2D eigenvalue weighted by atomic mass is 9.94. The van der Waals surface area contributed by atoms with Crippen molar-refractivity contribution < 1.29 is 23.8 Å². The third-order valence-electron chi connectivity index (χ3n) is 5.60. The van der Waals surface area contributed by atoms with Crippen LogP contribution in [0.25, 0.3) is 0 Å². The molecular formula is C22H21NO5. The fourth-order valence-corrected chi connectivity index (χ4v) is 4.17. The van der Waals surface area contributed by atoms with E-state index in [9.17, 15) is 9.59 Å². The Balaban J connectivity index is 1.30. The Hall–Kier alpha value is -3.02. The number of rotatable bonds is 2. The molecule has 0 saturated heterocycles. The van der Waals surface area contributed by atoms with Gasteiger partial charge in [0.15, 0.2) is 17.6 Å². The van der Waals surface area contributed by atoms with E-state index in [1.165, 1.54) is 6.42 Å². The van der Waals surface area contributed by atoms with Crippen molar-refractivity contribution in [2.24, 2.45) is 0 Å². The van der Waals surface area contributed by atoms with Crippen LogP contribution in [0.4, 0.5) is 5.69 Å². The Morgan fingerprint density at radius 2 is 1.79 bits per heavy atom. The van der Waals surface area contributed by atoms with Crippen LogP contribution in [0.15, 0.2) is 42.5 Å². The molecule has 0 aromatic heterocycles. The van der Waals surface area contributed by atoms with E-state index < -0.39 is 17.9 Å². The van der Waals surface area contributed by atoms with Gasteiger partial charge in [-0.25, -0.2) is 4.79 Å². The van der Waals surface area contributed by atoms with Crippen molar-refractivity contribution in [1.82, 2.24) is 0 Å². The van der Waals surface area contributed by atoms with Crippen LogP contribution in [0, 0.1) is 0 Å². The molecular weight excluding hydrogens is 358 g/mol. The fraction of sp³-hybridized carbons (Fsp3) is 0.364. The van der Waals surface area contributed by atoms with E-state index in [4.69, 9.17) is 14.2 Å². The van der Waals surface area contributed by atoms with Gasteiger partial charge >= 0.3 is 5.97 Å². The maximum absolute atomic E-state index is 12.7. The van der Waals surface area contributed by atoms with E-state index >= 15 is 0 Å². The molecule has 144 valence electrons. The number of hydrogen-bond donors (Lipinski definition) is 1. The second-order valence-corrected chi connectivity index (χ2v) is 7.58. The molecule has 2 aliphatic heterocycles. The molecule has 2 heterocycles.